The Morgan fingerprint density at radius 2 is 1.88 bits per heavy atom. The molecule has 3 aliphatic rings. The molecule has 138 valence electrons. The third kappa shape index (κ3) is 2.78. The maximum atomic E-state index is 10.3. The van der Waals surface area contributed by atoms with Gasteiger partial charge in [0.15, 0.2) is 0 Å². The van der Waals surface area contributed by atoms with Crippen LogP contribution in [0, 0.1) is 34.5 Å². The van der Waals surface area contributed by atoms with Crippen LogP contribution in [-0.4, -0.2) is 29.5 Å². The fourth-order valence-corrected chi connectivity index (χ4v) is 6.71. The molecule has 3 aliphatic carbocycles. The Hall–Kier alpha value is -0.0300. The molecule has 0 spiro atoms. The third-order valence-corrected chi connectivity index (χ3v) is 8.60. The van der Waals surface area contributed by atoms with Crippen molar-refractivity contribution < 1.29 is 14.4 Å². The number of aliphatic hydroxyl groups excluding tert-OH is 2. The lowest BCUT2D eigenvalue weighted by molar-refractivity contribution is -0.0995. The van der Waals surface area contributed by atoms with E-state index in [-0.39, 0.29) is 36.1 Å². The number of allylic oxidation sites excluding steroid dienone is 1. The second kappa shape index (κ2) is 6.94. The highest BCUT2D eigenvalue weighted by Crippen LogP contribution is 2.63. The monoisotopic (exact) mass is 354 g/mol. The van der Waals surface area contributed by atoms with E-state index in [1.165, 1.54) is 18.4 Å². The number of thiol groups is 1. The molecule has 0 bridgehead atoms. The van der Waals surface area contributed by atoms with Crippen LogP contribution in [0.3, 0.4) is 0 Å². The van der Waals surface area contributed by atoms with Crippen molar-refractivity contribution in [3.05, 3.63) is 12.2 Å². The van der Waals surface area contributed by atoms with Gasteiger partial charge in [-0.1, -0.05) is 26.0 Å². The van der Waals surface area contributed by atoms with Gasteiger partial charge in [0.05, 0.1) is 6.10 Å². The molecule has 0 aromatic rings. The predicted octanol–water partition coefficient (Wildman–Crippen LogP) is 4.01. The summed E-state index contributed by atoms with van der Waals surface area (Å²) in [7, 11) is 0. The van der Waals surface area contributed by atoms with Crippen LogP contribution in [-0.2, 0) is 4.18 Å². The van der Waals surface area contributed by atoms with Gasteiger partial charge in [0.2, 0.25) is 0 Å². The summed E-state index contributed by atoms with van der Waals surface area (Å²) in [5.41, 5.74) is 1.68. The molecule has 3 fully saturated rings. The third-order valence-electron chi connectivity index (χ3n) is 8.30. The van der Waals surface area contributed by atoms with Crippen LogP contribution >= 0.6 is 12.9 Å². The van der Waals surface area contributed by atoms with Gasteiger partial charge in [-0.05, 0) is 92.4 Å². The minimum atomic E-state index is 0.0796. The van der Waals surface area contributed by atoms with Crippen LogP contribution in [0.1, 0.15) is 58.8 Å². The SMILES string of the molecule is C=C1CCC2[C@H](CO)C([C@@]3(C)CC[C@H](OS)C[C@@H]3CO)CC[C@]12C. The van der Waals surface area contributed by atoms with Gasteiger partial charge in [0.25, 0.3) is 0 Å². The first-order chi connectivity index (χ1) is 11.4. The lowest BCUT2D eigenvalue weighted by Crippen LogP contribution is -2.52. The zero-order valence-corrected chi connectivity index (χ0v) is 16.1. The average Bonchev–Trinajstić information content (AvgIpc) is 2.89. The van der Waals surface area contributed by atoms with Crippen LogP contribution in [0.5, 0.6) is 0 Å². The first-order valence-corrected chi connectivity index (χ1v) is 9.97. The Labute approximate surface area is 152 Å². The average molecular weight is 355 g/mol. The number of fused-ring (bicyclic) bond motifs is 1. The van der Waals surface area contributed by atoms with Crippen LogP contribution < -0.4 is 0 Å². The molecule has 24 heavy (non-hydrogen) atoms. The zero-order chi connectivity index (χ0) is 17.5. The highest BCUT2D eigenvalue weighted by atomic mass is 32.1. The van der Waals surface area contributed by atoms with Crippen molar-refractivity contribution in [2.24, 2.45) is 34.5 Å². The van der Waals surface area contributed by atoms with Gasteiger partial charge in [-0.25, -0.2) is 0 Å². The summed E-state index contributed by atoms with van der Waals surface area (Å²) in [6.07, 6.45) is 7.66. The minimum Gasteiger partial charge on any atom is -0.396 e. The summed E-state index contributed by atoms with van der Waals surface area (Å²) in [6, 6.07) is 0. The lowest BCUT2D eigenvalue weighted by atomic mass is 9.49. The van der Waals surface area contributed by atoms with E-state index in [1.54, 1.807) is 0 Å². The van der Waals surface area contributed by atoms with Crippen molar-refractivity contribution >= 4 is 12.9 Å². The molecule has 0 aromatic heterocycles. The van der Waals surface area contributed by atoms with Crippen LogP contribution in [0.25, 0.3) is 0 Å². The van der Waals surface area contributed by atoms with E-state index >= 15 is 0 Å². The molecule has 3 nitrogen and oxygen atoms in total. The van der Waals surface area contributed by atoms with E-state index in [0.29, 0.717) is 17.8 Å². The van der Waals surface area contributed by atoms with E-state index in [4.69, 9.17) is 4.18 Å². The molecule has 3 rings (SSSR count). The molecular formula is C20H34O3S. The van der Waals surface area contributed by atoms with E-state index < -0.39 is 0 Å². The van der Waals surface area contributed by atoms with E-state index in [1.807, 2.05) is 0 Å². The topological polar surface area (TPSA) is 49.7 Å². The van der Waals surface area contributed by atoms with Crippen LogP contribution in [0.4, 0.5) is 0 Å². The largest absolute Gasteiger partial charge is 0.396 e. The Kier molecular flexibility index (Phi) is 5.42. The van der Waals surface area contributed by atoms with Gasteiger partial charge in [-0.3, -0.25) is 0 Å². The molecule has 0 amide bonds. The molecule has 0 saturated heterocycles. The van der Waals surface area contributed by atoms with Crippen molar-refractivity contribution in [3.8, 4) is 0 Å². The smallest absolute Gasteiger partial charge is 0.0723 e. The minimum absolute atomic E-state index is 0.0796. The van der Waals surface area contributed by atoms with Crippen molar-refractivity contribution in [2.75, 3.05) is 13.2 Å². The number of hydrogen-bond donors (Lipinski definition) is 3. The molecular weight excluding hydrogens is 320 g/mol. The molecule has 0 radical (unpaired) electrons. The van der Waals surface area contributed by atoms with Gasteiger partial charge in [0.1, 0.15) is 0 Å². The standard InChI is InChI=1S/C20H34O3S/c1-13-4-5-17-16(12-22)18(7-9-19(13,17)2)20(3)8-6-15(23-24)10-14(20)11-21/h14-18,21-22,24H,1,4-12H2,2-3H3/t14-,15+,16+,17?,18?,19-,20+/m1/s1. The summed E-state index contributed by atoms with van der Waals surface area (Å²) >= 11 is 4.00. The van der Waals surface area contributed by atoms with Crippen LogP contribution in [0.15, 0.2) is 12.2 Å². The van der Waals surface area contributed by atoms with Crippen molar-refractivity contribution in [3.63, 3.8) is 0 Å². The van der Waals surface area contributed by atoms with Crippen molar-refractivity contribution in [2.45, 2.75) is 64.9 Å². The molecule has 2 N–H and O–H groups in total. The summed E-state index contributed by atoms with van der Waals surface area (Å²) in [5.74, 6) is 1.58. The molecule has 4 heteroatoms. The maximum absolute atomic E-state index is 10.3. The Morgan fingerprint density at radius 1 is 1.12 bits per heavy atom. The van der Waals surface area contributed by atoms with E-state index in [9.17, 15) is 10.2 Å². The number of hydrogen-bond acceptors (Lipinski definition) is 4. The summed E-state index contributed by atoms with van der Waals surface area (Å²) in [5, 5.41) is 20.3. The van der Waals surface area contributed by atoms with Gasteiger partial charge < -0.3 is 14.4 Å². The number of aliphatic hydroxyl groups is 2. The van der Waals surface area contributed by atoms with Gasteiger partial charge in [-0.2, -0.15) is 0 Å². The fraction of sp³-hybridized carbons (Fsp3) is 0.900. The number of rotatable bonds is 4. The highest BCUT2D eigenvalue weighted by Gasteiger charge is 2.56. The summed E-state index contributed by atoms with van der Waals surface area (Å²) < 4.78 is 5.28. The van der Waals surface area contributed by atoms with Crippen LogP contribution in [0.2, 0.25) is 0 Å². The molecule has 0 heterocycles. The highest BCUT2D eigenvalue weighted by molar-refractivity contribution is 7.75. The zero-order valence-electron chi connectivity index (χ0n) is 15.2. The van der Waals surface area contributed by atoms with Gasteiger partial charge >= 0.3 is 0 Å². The Morgan fingerprint density at radius 3 is 2.50 bits per heavy atom. The van der Waals surface area contributed by atoms with Gasteiger partial charge in [-0.15, -0.1) is 0 Å². The Balaban J connectivity index is 1.86. The quantitative estimate of drug-likeness (QED) is 0.406. The molecule has 0 aromatic carbocycles. The van der Waals surface area contributed by atoms with E-state index in [2.05, 4.69) is 33.3 Å². The first-order valence-electron chi connectivity index (χ1n) is 9.61. The predicted molar refractivity (Wildman–Crippen MR) is 99.7 cm³/mol. The molecule has 3 saturated carbocycles. The summed E-state index contributed by atoms with van der Waals surface area (Å²) in [4.78, 5) is 0. The molecule has 0 aliphatic heterocycles. The first kappa shape index (κ1) is 18.8. The van der Waals surface area contributed by atoms with Gasteiger partial charge in [0, 0.05) is 13.2 Å². The molecule has 2 unspecified atom stereocenters. The second-order valence-electron chi connectivity index (χ2n) is 9.04. The molecule has 7 atom stereocenters. The van der Waals surface area contributed by atoms with E-state index in [0.717, 1.165) is 32.1 Å². The fourth-order valence-electron chi connectivity index (χ4n) is 6.52. The van der Waals surface area contributed by atoms with Crippen molar-refractivity contribution in [1.82, 2.24) is 0 Å². The summed E-state index contributed by atoms with van der Waals surface area (Å²) in [6.45, 7) is 9.52. The Bertz CT molecular complexity index is 482. The lowest BCUT2D eigenvalue weighted by Gasteiger charge is -2.56. The van der Waals surface area contributed by atoms with Crippen molar-refractivity contribution in [1.29, 1.82) is 0 Å². The second-order valence-corrected chi connectivity index (χ2v) is 9.26. The normalized spacial score (nSPS) is 49.2. The maximum Gasteiger partial charge on any atom is 0.0723 e.